The average Bonchev–Trinajstić information content (AvgIpc) is 2.46. The number of ether oxygens (including phenoxy) is 1. The van der Waals surface area contributed by atoms with E-state index in [0.717, 1.165) is 13.0 Å². The topological polar surface area (TPSA) is 58.8 Å². The number of hydrogen-bond donors (Lipinski definition) is 1. The molecule has 7 heteroatoms. The molecule has 0 spiro atoms. The molecular weight excluding hydrogens is 325 g/mol. The number of amides is 1. The lowest BCUT2D eigenvalue weighted by Crippen LogP contribution is -2.57. The van der Waals surface area contributed by atoms with Crippen LogP contribution in [0.2, 0.25) is 0 Å². The molecule has 2 fully saturated rings. The Morgan fingerprint density at radius 1 is 1.32 bits per heavy atom. The molecule has 2 aliphatic heterocycles. The minimum Gasteiger partial charge on any atom is -0.381 e. The van der Waals surface area contributed by atoms with E-state index in [-0.39, 0.29) is 30.7 Å². The molecule has 0 bridgehead atoms. The van der Waals surface area contributed by atoms with Crippen LogP contribution < -0.4 is 5.73 Å². The number of hydrogen-bond acceptors (Lipinski definition) is 4. The summed E-state index contributed by atoms with van der Waals surface area (Å²) in [5.74, 6) is 0.0827. The van der Waals surface area contributed by atoms with E-state index < -0.39 is 5.54 Å². The Hall–Kier alpha value is -0.0700. The number of likely N-dealkylation sites (N-methyl/N-ethyl adjacent to an activating group) is 1. The molecule has 2 heterocycles. The molecule has 22 heavy (non-hydrogen) atoms. The van der Waals surface area contributed by atoms with Crippen molar-refractivity contribution in [2.75, 3.05) is 40.4 Å². The van der Waals surface area contributed by atoms with Gasteiger partial charge in [0.05, 0.1) is 5.54 Å². The van der Waals surface area contributed by atoms with Crippen molar-refractivity contribution in [3.8, 4) is 0 Å². The van der Waals surface area contributed by atoms with E-state index >= 15 is 0 Å². The molecular formula is C15H31Cl2N3O2. The first kappa shape index (κ1) is 21.9. The molecule has 1 amide bonds. The molecule has 5 nitrogen and oxygen atoms in total. The van der Waals surface area contributed by atoms with E-state index in [2.05, 4.69) is 11.9 Å². The molecule has 0 saturated carbocycles. The predicted octanol–water partition coefficient (Wildman–Crippen LogP) is 1.67. The van der Waals surface area contributed by atoms with E-state index in [4.69, 9.17) is 10.5 Å². The molecule has 2 saturated heterocycles. The third-order valence-corrected chi connectivity index (χ3v) is 4.88. The van der Waals surface area contributed by atoms with Gasteiger partial charge in [0.25, 0.3) is 0 Å². The lowest BCUT2D eigenvalue weighted by atomic mass is 9.89. The number of carbonyl (C=O) groups excluding carboxylic acids is 1. The summed E-state index contributed by atoms with van der Waals surface area (Å²) in [7, 11) is 4.07. The van der Waals surface area contributed by atoms with Crippen molar-refractivity contribution in [1.82, 2.24) is 9.80 Å². The van der Waals surface area contributed by atoms with Gasteiger partial charge in [0.2, 0.25) is 5.91 Å². The number of likely N-dealkylation sites (tertiary alicyclic amines) is 1. The molecule has 2 rings (SSSR count). The molecule has 132 valence electrons. The van der Waals surface area contributed by atoms with Crippen molar-refractivity contribution in [2.45, 2.75) is 50.1 Å². The second-order valence-corrected chi connectivity index (χ2v) is 6.41. The fourth-order valence-corrected chi connectivity index (χ4v) is 3.28. The van der Waals surface area contributed by atoms with Crippen molar-refractivity contribution in [3.05, 3.63) is 0 Å². The maximum Gasteiger partial charge on any atom is 0.242 e. The molecule has 0 aliphatic carbocycles. The summed E-state index contributed by atoms with van der Waals surface area (Å²) in [5, 5.41) is 0. The van der Waals surface area contributed by atoms with E-state index in [9.17, 15) is 4.79 Å². The van der Waals surface area contributed by atoms with Gasteiger partial charge in [0.1, 0.15) is 0 Å². The Morgan fingerprint density at radius 2 is 1.95 bits per heavy atom. The first-order valence-corrected chi connectivity index (χ1v) is 7.85. The van der Waals surface area contributed by atoms with Gasteiger partial charge in [-0.1, -0.05) is 6.42 Å². The highest BCUT2D eigenvalue weighted by molar-refractivity contribution is 5.86. The van der Waals surface area contributed by atoms with Crippen molar-refractivity contribution in [1.29, 1.82) is 0 Å². The first-order chi connectivity index (χ1) is 9.53. The molecule has 0 aromatic carbocycles. The van der Waals surface area contributed by atoms with Gasteiger partial charge in [0, 0.05) is 32.8 Å². The van der Waals surface area contributed by atoms with Crippen LogP contribution in [-0.2, 0) is 9.53 Å². The van der Waals surface area contributed by atoms with Gasteiger partial charge < -0.3 is 20.3 Å². The zero-order chi connectivity index (χ0) is 14.6. The fourth-order valence-electron chi connectivity index (χ4n) is 3.28. The smallest absolute Gasteiger partial charge is 0.242 e. The third kappa shape index (κ3) is 5.53. The lowest BCUT2D eigenvalue weighted by molar-refractivity contribution is -0.139. The second kappa shape index (κ2) is 9.93. The van der Waals surface area contributed by atoms with Crippen LogP contribution in [0.4, 0.5) is 0 Å². The second-order valence-electron chi connectivity index (χ2n) is 6.41. The van der Waals surface area contributed by atoms with Gasteiger partial charge in [-0.15, -0.1) is 24.8 Å². The molecule has 0 aromatic rings. The van der Waals surface area contributed by atoms with Gasteiger partial charge in [-0.25, -0.2) is 0 Å². The highest BCUT2D eigenvalue weighted by atomic mass is 35.5. The fraction of sp³-hybridized carbons (Fsp3) is 0.933. The summed E-state index contributed by atoms with van der Waals surface area (Å²) in [4.78, 5) is 16.8. The summed E-state index contributed by atoms with van der Waals surface area (Å²) in [6.07, 6.45) is 6.18. The Labute approximate surface area is 146 Å². The highest BCUT2D eigenvalue weighted by Gasteiger charge is 2.37. The summed E-state index contributed by atoms with van der Waals surface area (Å²) >= 11 is 0. The summed E-state index contributed by atoms with van der Waals surface area (Å²) in [6, 6.07) is 0.613. The van der Waals surface area contributed by atoms with E-state index in [1.54, 1.807) is 0 Å². The van der Waals surface area contributed by atoms with Gasteiger partial charge in [0.15, 0.2) is 0 Å². The Kier molecular flexibility index (Phi) is 9.90. The van der Waals surface area contributed by atoms with E-state index in [1.165, 1.54) is 25.8 Å². The quantitative estimate of drug-likeness (QED) is 0.833. The summed E-state index contributed by atoms with van der Waals surface area (Å²) < 4.78 is 5.31. The van der Waals surface area contributed by atoms with Crippen LogP contribution in [0.1, 0.15) is 38.5 Å². The van der Waals surface area contributed by atoms with Crippen molar-refractivity contribution < 1.29 is 9.53 Å². The zero-order valence-electron chi connectivity index (χ0n) is 13.8. The van der Waals surface area contributed by atoms with Crippen molar-refractivity contribution >= 4 is 30.7 Å². The molecule has 0 radical (unpaired) electrons. The van der Waals surface area contributed by atoms with Crippen LogP contribution in [0.5, 0.6) is 0 Å². The van der Waals surface area contributed by atoms with Crippen LogP contribution in [0.3, 0.4) is 0 Å². The van der Waals surface area contributed by atoms with Crippen molar-refractivity contribution in [2.24, 2.45) is 5.73 Å². The molecule has 1 unspecified atom stereocenters. The number of carbonyl (C=O) groups is 1. The minimum absolute atomic E-state index is 0. The molecule has 2 aliphatic rings. The summed E-state index contributed by atoms with van der Waals surface area (Å²) in [5.41, 5.74) is 5.56. The SMILES string of the molecule is CN(CCC1CCCCN1C)C(=O)C1(N)CCOCC1.Cl.Cl. The number of halogens is 2. The maximum atomic E-state index is 12.5. The number of piperidine rings is 1. The van der Waals surface area contributed by atoms with E-state index in [1.807, 2.05) is 11.9 Å². The standard InChI is InChI=1S/C15H29N3O2.2ClH/c1-17-9-4-3-5-13(17)6-10-18(2)14(19)15(16)7-11-20-12-8-15;;/h13H,3-12,16H2,1-2H3;2*1H. The number of nitrogens with zero attached hydrogens (tertiary/aromatic N) is 2. The maximum absolute atomic E-state index is 12.5. The molecule has 1 atom stereocenters. The normalized spacial score (nSPS) is 24.8. The van der Waals surface area contributed by atoms with E-state index in [0.29, 0.717) is 32.1 Å². The van der Waals surface area contributed by atoms with Crippen LogP contribution >= 0.6 is 24.8 Å². The van der Waals surface area contributed by atoms with Crippen LogP contribution in [0.25, 0.3) is 0 Å². The predicted molar refractivity (Wildman–Crippen MR) is 94.0 cm³/mol. The largest absolute Gasteiger partial charge is 0.381 e. The minimum atomic E-state index is -0.703. The number of nitrogens with two attached hydrogens (primary N) is 1. The molecule has 2 N–H and O–H groups in total. The molecule has 0 aromatic heterocycles. The average molecular weight is 356 g/mol. The Bertz CT molecular complexity index is 339. The Balaban J connectivity index is 0.00000220. The van der Waals surface area contributed by atoms with Crippen LogP contribution in [0.15, 0.2) is 0 Å². The Morgan fingerprint density at radius 3 is 2.55 bits per heavy atom. The van der Waals surface area contributed by atoms with Gasteiger partial charge in [-0.3, -0.25) is 4.79 Å². The van der Waals surface area contributed by atoms with Gasteiger partial charge in [-0.2, -0.15) is 0 Å². The lowest BCUT2D eigenvalue weighted by Gasteiger charge is -2.37. The van der Waals surface area contributed by atoms with Gasteiger partial charge in [-0.05, 0) is 45.7 Å². The van der Waals surface area contributed by atoms with Crippen LogP contribution in [0, 0.1) is 0 Å². The number of rotatable bonds is 4. The van der Waals surface area contributed by atoms with Crippen molar-refractivity contribution in [3.63, 3.8) is 0 Å². The van der Waals surface area contributed by atoms with Gasteiger partial charge >= 0.3 is 0 Å². The zero-order valence-corrected chi connectivity index (χ0v) is 15.4. The summed E-state index contributed by atoms with van der Waals surface area (Å²) in [6.45, 7) is 3.18. The highest BCUT2D eigenvalue weighted by Crippen LogP contribution is 2.22. The monoisotopic (exact) mass is 355 g/mol. The first-order valence-electron chi connectivity index (χ1n) is 7.85. The third-order valence-electron chi connectivity index (χ3n) is 4.88. The van der Waals surface area contributed by atoms with Crippen LogP contribution in [-0.4, -0.2) is 67.7 Å².